The third kappa shape index (κ3) is 3.78. The molecule has 7 heteroatoms. The van der Waals surface area contributed by atoms with Crippen molar-refractivity contribution in [1.29, 1.82) is 0 Å². The van der Waals surface area contributed by atoms with Crippen LogP contribution in [-0.4, -0.2) is 22.9 Å². The first-order chi connectivity index (χ1) is 13.6. The first-order valence-electron chi connectivity index (χ1n) is 8.68. The number of nitrogens with two attached hydrogens (primary N) is 1. The number of nitrogens with zero attached hydrogens (tertiary/aromatic N) is 1. The maximum absolute atomic E-state index is 12.4. The highest BCUT2D eigenvalue weighted by molar-refractivity contribution is 5.95. The van der Waals surface area contributed by atoms with E-state index in [2.05, 4.69) is 10.3 Å². The van der Waals surface area contributed by atoms with Gasteiger partial charge in [-0.05, 0) is 35.9 Å². The van der Waals surface area contributed by atoms with Gasteiger partial charge in [-0.2, -0.15) is 0 Å². The number of fused-ring (bicyclic) bond motifs is 1. The van der Waals surface area contributed by atoms with E-state index in [0.717, 1.165) is 11.3 Å². The maximum atomic E-state index is 12.4. The number of anilines is 1. The number of aromatic nitrogens is 1. The molecule has 0 spiro atoms. The zero-order valence-corrected chi connectivity index (χ0v) is 14.8. The summed E-state index contributed by atoms with van der Waals surface area (Å²) in [5.74, 6) is 0.734. The number of rotatable bonds is 5. The normalized spacial score (nSPS) is 14.6. The standard InChI is InChI=1S/C21H17N3O4/c22-20(25)14-5-3-6-16(10-14)27-19-9-8-15(12-23-19)24-21(26)18-11-13-4-1-2-7-17(13)28-18/h1-10,12,18H,11H2,(H2,22,25)(H,24,26). The summed E-state index contributed by atoms with van der Waals surface area (Å²) >= 11 is 0. The molecule has 28 heavy (non-hydrogen) atoms. The van der Waals surface area contributed by atoms with Crippen LogP contribution in [0.5, 0.6) is 17.4 Å². The zero-order chi connectivity index (χ0) is 19.5. The minimum atomic E-state index is -0.565. The second-order valence-corrected chi connectivity index (χ2v) is 6.29. The number of benzene rings is 2. The van der Waals surface area contributed by atoms with Crippen LogP contribution < -0.4 is 20.5 Å². The van der Waals surface area contributed by atoms with Gasteiger partial charge in [0, 0.05) is 18.1 Å². The van der Waals surface area contributed by atoms with Gasteiger partial charge in [0.25, 0.3) is 5.91 Å². The van der Waals surface area contributed by atoms with Crippen LogP contribution in [0.4, 0.5) is 5.69 Å². The summed E-state index contributed by atoms with van der Waals surface area (Å²) in [7, 11) is 0. The molecule has 2 aromatic carbocycles. The molecule has 0 saturated carbocycles. The zero-order valence-electron chi connectivity index (χ0n) is 14.8. The van der Waals surface area contributed by atoms with Crippen molar-refractivity contribution in [2.24, 2.45) is 5.73 Å². The molecule has 1 aromatic heterocycles. The number of hydrogen-bond acceptors (Lipinski definition) is 5. The number of ether oxygens (including phenoxy) is 2. The smallest absolute Gasteiger partial charge is 0.265 e. The number of primary amides is 1. The summed E-state index contributed by atoms with van der Waals surface area (Å²) in [6.45, 7) is 0. The van der Waals surface area contributed by atoms with Crippen LogP contribution in [0.3, 0.4) is 0 Å². The lowest BCUT2D eigenvalue weighted by Gasteiger charge is -2.11. The van der Waals surface area contributed by atoms with Crippen molar-refractivity contribution >= 4 is 17.5 Å². The molecule has 4 rings (SSSR count). The Labute approximate surface area is 161 Å². The lowest BCUT2D eigenvalue weighted by atomic mass is 10.1. The fourth-order valence-electron chi connectivity index (χ4n) is 2.90. The first-order valence-corrected chi connectivity index (χ1v) is 8.68. The molecule has 0 bridgehead atoms. The van der Waals surface area contributed by atoms with Crippen LogP contribution in [0.2, 0.25) is 0 Å². The van der Waals surface area contributed by atoms with Gasteiger partial charge in [0.15, 0.2) is 6.10 Å². The average Bonchev–Trinajstić information content (AvgIpc) is 3.14. The predicted octanol–water partition coefficient (Wildman–Crippen LogP) is 2.92. The Morgan fingerprint density at radius 3 is 2.71 bits per heavy atom. The highest BCUT2D eigenvalue weighted by atomic mass is 16.5. The average molecular weight is 375 g/mol. The molecule has 1 aliphatic heterocycles. The molecular weight excluding hydrogens is 358 g/mol. The molecule has 3 aromatic rings. The molecule has 2 heterocycles. The highest BCUT2D eigenvalue weighted by Gasteiger charge is 2.28. The van der Waals surface area contributed by atoms with Crippen molar-refractivity contribution in [2.75, 3.05) is 5.32 Å². The van der Waals surface area contributed by atoms with Crippen molar-refractivity contribution in [2.45, 2.75) is 12.5 Å². The number of amides is 2. The third-order valence-electron chi connectivity index (χ3n) is 4.28. The van der Waals surface area contributed by atoms with Gasteiger partial charge in [0.05, 0.1) is 11.9 Å². The van der Waals surface area contributed by atoms with Gasteiger partial charge >= 0.3 is 0 Å². The van der Waals surface area contributed by atoms with Crippen molar-refractivity contribution in [3.8, 4) is 17.4 Å². The summed E-state index contributed by atoms with van der Waals surface area (Å²) < 4.78 is 11.3. The maximum Gasteiger partial charge on any atom is 0.265 e. The van der Waals surface area contributed by atoms with Gasteiger partial charge in [-0.3, -0.25) is 9.59 Å². The largest absolute Gasteiger partial charge is 0.480 e. The summed E-state index contributed by atoms with van der Waals surface area (Å²) in [5.41, 5.74) is 7.15. The van der Waals surface area contributed by atoms with Crippen molar-refractivity contribution in [3.63, 3.8) is 0 Å². The van der Waals surface area contributed by atoms with Gasteiger partial charge < -0.3 is 20.5 Å². The lowest BCUT2D eigenvalue weighted by molar-refractivity contribution is -0.122. The fourth-order valence-corrected chi connectivity index (χ4v) is 2.90. The van der Waals surface area contributed by atoms with Crippen LogP contribution >= 0.6 is 0 Å². The van der Waals surface area contributed by atoms with E-state index in [1.54, 1.807) is 30.3 Å². The lowest BCUT2D eigenvalue weighted by Crippen LogP contribution is -2.31. The van der Waals surface area contributed by atoms with E-state index >= 15 is 0 Å². The second-order valence-electron chi connectivity index (χ2n) is 6.29. The molecule has 1 aliphatic rings. The predicted molar refractivity (Wildman–Crippen MR) is 102 cm³/mol. The second kappa shape index (κ2) is 7.40. The summed E-state index contributed by atoms with van der Waals surface area (Å²) in [6.07, 6.45) is 1.46. The molecule has 1 unspecified atom stereocenters. The van der Waals surface area contributed by atoms with Gasteiger partial charge in [-0.15, -0.1) is 0 Å². The fraction of sp³-hybridized carbons (Fsp3) is 0.0952. The van der Waals surface area contributed by atoms with Crippen molar-refractivity contribution in [3.05, 3.63) is 78.0 Å². The van der Waals surface area contributed by atoms with Crippen LogP contribution in [0, 0.1) is 0 Å². The van der Waals surface area contributed by atoms with E-state index in [9.17, 15) is 9.59 Å². The van der Waals surface area contributed by atoms with Crippen LogP contribution in [0.15, 0.2) is 66.9 Å². The van der Waals surface area contributed by atoms with E-state index in [0.29, 0.717) is 29.3 Å². The monoisotopic (exact) mass is 375 g/mol. The molecule has 0 fully saturated rings. The summed E-state index contributed by atoms with van der Waals surface area (Å²) in [6, 6.07) is 17.4. The highest BCUT2D eigenvalue weighted by Crippen LogP contribution is 2.29. The number of carbonyl (C=O) groups excluding carboxylic acids is 2. The van der Waals surface area contributed by atoms with E-state index in [-0.39, 0.29) is 5.91 Å². The number of hydrogen-bond donors (Lipinski definition) is 2. The third-order valence-corrected chi connectivity index (χ3v) is 4.28. The molecular formula is C21H17N3O4. The van der Waals surface area contributed by atoms with E-state index in [1.165, 1.54) is 12.3 Å². The molecule has 1 atom stereocenters. The van der Waals surface area contributed by atoms with Crippen molar-refractivity contribution in [1.82, 2.24) is 4.98 Å². The Hall–Kier alpha value is -3.87. The number of nitrogens with one attached hydrogen (secondary N) is 1. The van der Waals surface area contributed by atoms with Gasteiger partial charge in [-0.25, -0.2) is 4.98 Å². The SMILES string of the molecule is NC(=O)c1cccc(Oc2ccc(NC(=O)C3Cc4ccccc4O3)cn2)c1. The van der Waals surface area contributed by atoms with E-state index < -0.39 is 12.0 Å². The minimum Gasteiger partial charge on any atom is -0.480 e. The minimum absolute atomic E-state index is 0.235. The van der Waals surface area contributed by atoms with Gasteiger partial charge in [-0.1, -0.05) is 24.3 Å². The van der Waals surface area contributed by atoms with Crippen LogP contribution in [-0.2, 0) is 11.2 Å². The molecule has 0 saturated heterocycles. The molecule has 0 aliphatic carbocycles. The Balaban J connectivity index is 1.38. The molecule has 3 N–H and O–H groups in total. The van der Waals surface area contributed by atoms with Crippen molar-refractivity contribution < 1.29 is 19.1 Å². The summed E-state index contributed by atoms with van der Waals surface area (Å²) in [4.78, 5) is 27.8. The van der Waals surface area contributed by atoms with Crippen LogP contribution in [0.25, 0.3) is 0 Å². The number of para-hydroxylation sites is 1. The Kier molecular flexibility index (Phi) is 4.63. The van der Waals surface area contributed by atoms with Gasteiger partial charge in [0.2, 0.25) is 11.8 Å². The summed E-state index contributed by atoms with van der Waals surface area (Å²) in [5, 5.41) is 2.79. The molecule has 140 valence electrons. The van der Waals surface area contributed by atoms with E-state index in [1.807, 2.05) is 24.3 Å². The first kappa shape index (κ1) is 17.5. The van der Waals surface area contributed by atoms with E-state index in [4.69, 9.17) is 15.2 Å². The Bertz CT molecular complexity index is 1010. The Morgan fingerprint density at radius 2 is 1.96 bits per heavy atom. The Morgan fingerprint density at radius 1 is 1.11 bits per heavy atom. The quantitative estimate of drug-likeness (QED) is 0.714. The topological polar surface area (TPSA) is 104 Å². The number of carbonyl (C=O) groups is 2. The molecule has 2 amide bonds. The molecule has 0 radical (unpaired) electrons. The van der Waals surface area contributed by atoms with Gasteiger partial charge in [0.1, 0.15) is 11.5 Å². The molecule has 7 nitrogen and oxygen atoms in total. The number of pyridine rings is 1. The van der Waals surface area contributed by atoms with Crippen LogP contribution in [0.1, 0.15) is 15.9 Å².